The van der Waals surface area contributed by atoms with Crippen LogP contribution in [0.15, 0.2) is 6.20 Å². The highest BCUT2D eigenvalue weighted by Crippen LogP contribution is 2.40. The number of hydrogen-bond donors (Lipinski definition) is 1. The zero-order valence-corrected chi connectivity index (χ0v) is 11.5. The van der Waals surface area contributed by atoms with E-state index in [1.807, 2.05) is 17.5 Å². The van der Waals surface area contributed by atoms with Gasteiger partial charge in [-0.15, -0.1) is 11.3 Å². The van der Waals surface area contributed by atoms with Crippen molar-refractivity contribution in [3.8, 4) is 0 Å². The van der Waals surface area contributed by atoms with Gasteiger partial charge in [0.25, 0.3) is 0 Å². The predicted octanol–water partition coefficient (Wildman–Crippen LogP) is 2.03. The van der Waals surface area contributed by atoms with E-state index in [9.17, 15) is 0 Å². The van der Waals surface area contributed by atoms with Crippen molar-refractivity contribution in [2.24, 2.45) is 5.92 Å². The van der Waals surface area contributed by atoms with Gasteiger partial charge in [-0.1, -0.05) is 0 Å². The third kappa shape index (κ3) is 2.54. The van der Waals surface area contributed by atoms with Gasteiger partial charge in [0.15, 0.2) is 0 Å². The van der Waals surface area contributed by atoms with Crippen molar-refractivity contribution in [3.63, 3.8) is 0 Å². The first-order chi connectivity index (χ1) is 8.16. The molecule has 1 atom stereocenters. The molecule has 0 aromatic carbocycles. The van der Waals surface area contributed by atoms with Gasteiger partial charge in [-0.2, -0.15) is 0 Å². The lowest BCUT2D eigenvalue weighted by atomic mass is 9.93. The topological polar surface area (TPSA) is 28.2 Å². The molecule has 0 spiro atoms. The van der Waals surface area contributed by atoms with Crippen LogP contribution in [-0.4, -0.2) is 35.1 Å². The predicted molar refractivity (Wildman–Crippen MR) is 71.3 cm³/mol. The summed E-state index contributed by atoms with van der Waals surface area (Å²) in [7, 11) is 0. The molecule has 3 rings (SSSR count). The van der Waals surface area contributed by atoms with Crippen LogP contribution < -0.4 is 5.32 Å². The molecule has 1 aliphatic heterocycles. The highest BCUT2D eigenvalue weighted by atomic mass is 32.1. The number of aromatic nitrogens is 1. The molecular weight excluding hydrogens is 230 g/mol. The lowest BCUT2D eigenvalue weighted by molar-refractivity contribution is 0.121. The highest BCUT2D eigenvalue weighted by Gasteiger charge is 2.43. The van der Waals surface area contributed by atoms with Crippen molar-refractivity contribution in [2.75, 3.05) is 19.6 Å². The number of aryl methyl sites for hydroxylation is 1. The summed E-state index contributed by atoms with van der Waals surface area (Å²) in [4.78, 5) is 8.36. The molecule has 2 heterocycles. The molecular formula is C13H21N3S. The molecule has 3 nitrogen and oxygen atoms in total. The number of hydrogen-bond acceptors (Lipinski definition) is 4. The molecule has 1 N–H and O–H groups in total. The van der Waals surface area contributed by atoms with Gasteiger partial charge < -0.3 is 5.32 Å². The van der Waals surface area contributed by atoms with Gasteiger partial charge >= 0.3 is 0 Å². The van der Waals surface area contributed by atoms with Crippen LogP contribution in [0.25, 0.3) is 0 Å². The SMILES string of the molecule is Cc1cnc(CN2CCNC(C)(C3CC3)C2)s1. The van der Waals surface area contributed by atoms with Gasteiger partial charge in [-0.05, 0) is 32.6 Å². The summed E-state index contributed by atoms with van der Waals surface area (Å²) in [6.45, 7) is 9.01. The van der Waals surface area contributed by atoms with Crippen molar-refractivity contribution < 1.29 is 0 Å². The van der Waals surface area contributed by atoms with Crippen LogP contribution in [0.1, 0.15) is 29.7 Å². The lowest BCUT2D eigenvalue weighted by Crippen LogP contribution is -2.59. The second-order valence-electron chi connectivity index (χ2n) is 5.69. The first-order valence-corrected chi connectivity index (χ1v) is 7.36. The van der Waals surface area contributed by atoms with Crippen molar-refractivity contribution in [2.45, 2.75) is 38.8 Å². The Labute approximate surface area is 107 Å². The molecule has 1 aliphatic carbocycles. The fourth-order valence-corrected chi connectivity index (χ4v) is 3.72. The van der Waals surface area contributed by atoms with Gasteiger partial charge in [0, 0.05) is 36.2 Å². The van der Waals surface area contributed by atoms with Crippen LogP contribution in [0.5, 0.6) is 0 Å². The molecule has 1 aromatic rings. The van der Waals surface area contributed by atoms with Gasteiger partial charge in [0.2, 0.25) is 0 Å². The van der Waals surface area contributed by atoms with Crippen molar-refractivity contribution in [1.82, 2.24) is 15.2 Å². The number of piperazine rings is 1. The molecule has 1 unspecified atom stereocenters. The molecule has 2 fully saturated rings. The molecule has 0 radical (unpaired) electrons. The fraction of sp³-hybridized carbons (Fsp3) is 0.769. The second kappa shape index (κ2) is 4.34. The molecule has 2 aliphatic rings. The summed E-state index contributed by atoms with van der Waals surface area (Å²) in [6.07, 6.45) is 4.81. The van der Waals surface area contributed by atoms with E-state index < -0.39 is 0 Å². The monoisotopic (exact) mass is 251 g/mol. The van der Waals surface area contributed by atoms with Crippen LogP contribution >= 0.6 is 11.3 Å². The maximum absolute atomic E-state index is 4.47. The average Bonchev–Trinajstić information content (AvgIpc) is 3.05. The fourth-order valence-electron chi connectivity index (χ4n) is 2.89. The van der Waals surface area contributed by atoms with E-state index in [0.717, 1.165) is 25.6 Å². The summed E-state index contributed by atoms with van der Waals surface area (Å²) in [6, 6.07) is 0. The second-order valence-corrected chi connectivity index (χ2v) is 7.01. The Morgan fingerprint density at radius 3 is 3.06 bits per heavy atom. The van der Waals surface area contributed by atoms with E-state index in [-0.39, 0.29) is 0 Å². The summed E-state index contributed by atoms with van der Waals surface area (Å²) >= 11 is 1.83. The number of nitrogens with one attached hydrogen (secondary N) is 1. The Kier molecular flexibility index (Phi) is 2.97. The van der Waals surface area contributed by atoms with Gasteiger partial charge in [0.1, 0.15) is 5.01 Å². The van der Waals surface area contributed by atoms with E-state index in [0.29, 0.717) is 5.54 Å². The minimum Gasteiger partial charge on any atom is -0.309 e. The Morgan fingerprint density at radius 1 is 1.59 bits per heavy atom. The van der Waals surface area contributed by atoms with E-state index >= 15 is 0 Å². The molecule has 0 amide bonds. The van der Waals surface area contributed by atoms with Gasteiger partial charge in [0.05, 0.1) is 6.54 Å². The number of thiazole rings is 1. The average molecular weight is 251 g/mol. The highest BCUT2D eigenvalue weighted by molar-refractivity contribution is 7.11. The first-order valence-electron chi connectivity index (χ1n) is 6.54. The third-order valence-electron chi connectivity index (χ3n) is 4.02. The Bertz CT molecular complexity index is 399. The maximum Gasteiger partial charge on any atom is 0.107 e. The van der Waals surface area contributed by atoms with Crippen molar-refractivity contribution >= 4 is 11.3 Å². The maximum atomic E-state index is 4.47. The summed E-state index contributed by atoms with van der Waals surface area (Å²) in [5.41, 5.74) is 0.352. The zero-order valence-electron chi connectivity index (χ0n) is 10.7. The number of nitrogens with zero attached hydrogens (tertiary/aromatic N) is 2. The van der Waals surface area contributed by atoms with Crippen LogP contribution in [0.2, 0.25) is 0 Å². The molecule has 17 heavy (non-hydrogen) atoms. The van der Waals surface area contributed by atoms with Gasteiger partial charge in [-0.3, -0.25) is 4.90 Å². The molecule has 1 aromatic heterocycles. The Morgan fingerprint density at radius 2 is 2.41 bits per heavy atom. The molecule has 1 saturated heterocycles. The Balaban J connectivity index is 1.63. The van der Waals surface area contributed by atoms with Crippen LogP contribution in [0.4, 0.5) is 0 Å². The van der Waals surface area contributed by atoms with Crippen LogP contribution in [0.3, 0.4) is 0 Å². The quantitative estimate of drug-likeness (QED) is 0.891. The third-order valence-corrected chi connectivity index (χ3v) is 4.91. The largest absolute Gasteiger partial charge is 0.309 e. The molecule has 4 heteroatoms. The first kappa shape index (κ1) is 11.6. The molecule has 1 saturated carbocycles. The summed E-state index contributed by atoms with van der Waals surface area (Å²) in [5, 5.41) is 4.99. The minimum absolute atomic E-state index is 0.352. The smallest absolute Gasteiger partial charge is 0.107 e. The standard InChI is InChI=1S/C13H21N3S/c1-10-7-14-12(17-10)8-16-6-5-15-13(2,9-16)11-3-4-11/h7,11,15H,3-6,8-9H2,1-2H3. The molecule has 0 bridgehead atoms. The van der Waals surface area contributed by atoms with Crippen LogP contribution in [-0.2, 0) is 6.54 Å². The van der Waals surface area contributed by atoms with Crippen LogP contribution in [0, 0.1) is 12.8 Å². The van der Waals surface area contributed by atoms with E-state index in [4.69, 9.17) is 0 Å². The normalized spacial score (nSPS) is 30.7. The number of rotatable bonds is 3. The van der Waals surface area contributed by atoms with Crippen molar-refractivity contribution in [1.29, 1.82) is 0 Å². The minimum atomic E-state index is 0.352. The zero-order chi connectivity index (χ0) is 11.9. The van der Waals surface area contributed by atoms with E-state index in [1.54, 1.807) is 0 Å². The summed E-state index contributed by atoms with van der Waals surface area (Å²) in [5.74, 6) is 0.906. The van der Waals surface area contributed by atoms with Gasteiger partial charge in [-0.25, -0.2) is 4.98 Å². The molecule has 94 valence electrons. The van der Waals surface area contributed by atoms with Crippen molar-refractivity contribution in [3.05, 3.63) is 16.1 Å². The van der Waals surface area contributed by atoms with E-state index in [1.165, 1.54) is 29.3 Å². The Hall–Kier alpha value is -0.450. The lowest BCUT2D eigenvalue weighted by Gasteiger charge is -2.41. The van der Waals surface area contributed by atoms with E-state index in [2.05, 4.69) is 29.0 Å². The summed E-state index contributed by atoms with van der Waals surface area (Å²) < 4.78 is 0.